The van der Waals surface area contributed by atoms with Gasteiger partial charge in [-0.05, 0) is 43.3 Å². The predicted molar refractivity (Wildman–Crippen MR) is 100 cm³/mol. The number of methoxy groups -OCH3 is 1. The Hall–Kier alpha value is -2.54. The number of hydrogen-bond acceptors (Lipinski definition) is 4. The first kappa shape index (κ1) is 18.3. The number of nitrogens with one attached hydrogen (secondary N) is 1. The van der Waals surface area contributed by atoms with Crippen molar-refractivity contribution in [3.8, 4) is 5.75 Å². The molecule has 0 bridgehead atoms. The van der Waals surface area contributed by atoms with Gasteiger partial charge in [0.1, 0.15) is 17.6 Å². The van der Waals surface area contributed by atoms with Crippen LogP contribution in [0.4, 0.5) is 10.1 Å². The van der Waals surface area contributed by atoms with Gasteiger partial charge < -0.3 is 15.0 Å². The lowest BCUT2D eigenvalue weighted by Crippen LogP contribution is -2.44. The molecule has 2 amide bonds. The third-order valence-electron chi connectivity index (χ3n) is 4.14. The maximum atomic E-state index is 13.0. The summed E-state index contributed by atoms with van der Waals surface area (Å²) in [5.74, 6) is 0.513. The minimum atomic E-state index is -0.595. The maximum absolute atomic E-state index is 13.0. The first-order chi connectivity index (χ1) is 12.5. The van der Waals surface area contributed by atoms with Crippen LogP contribution >= 0.6 is 11.8 Å². The van der Waals surface area contributed by atoms with Crippen molar-refractivity contribution in [2.75, 3.05) is 24.1 Å². The van der Waals surface area contributed by atoms with Crippen LogP contribution in [0.3, 0.4) is 0 Å². The molecule has 0 aliphatic carbocycles. The summed E-state index contributed by atoms with van der Waals surface area (Å²) >= 11 is 1.52. The maximum Gasteiger partial charge on any atom is 0.259 e. The number of anilines is 1. The number of carbonyl (C=O) groups is 2. The van der Waals surface area contributed by atoms with Gasteiger partial charge in [0.2, 0.25) is 5.91 Å². The average molecular weight is 374 g/mol. The number of ether oxygens (including phenoxy) is 1. The number of hydrogen-bond donors (Lipinski definition) is 1. The van der Waals surface area contributed by atoms with E-state index in [0.29, 0.717) is 28.6 Å². The summed E-state index contributed by atoms with van der Waals surface area (Å²) in [5.41, 5.74) is 1.87. The van der Waals surface area contributed by atoms with Crippen LogP contribution in [-0.2, 0) is 4.79 Å². The SMILES string of the molecule is COc1ccc(C)cc1C(=O)N1CSCC1C(=O)Nc1ccc(F)cc1. The van der Waals surface area contributed by atoms with E-state index in [-0.39, 0.29) is 17.6 Å². The Morgan fingerprint density at radius 2 is 1.96 bits per heavy atom. The number of rotatable bonds is 4. The molecule has 0 aromatic heterocycles. The molecule has 1 N–H and O–H groups in total. The molecule has 0 saturated carbocycles. The fourth-order valence-corrected chi connectivity index (χ4v) is 3.92. The van der Waals surface area contributed by atoms with Crippen LogP contribution in [0.2, 0.25) is 0 Å². The fourth-order valence-electron chi connectivity index (χ4n) is 2.76. The van der Waals surface area contributed by atoms with Gasteiger partial charge in [-0.15, -0.1) is 11.8 Å². The van der Waals surface area contributed by atoms with Crippen LogP contribution < -0.4 is 10.1 Å². The third-order valence-corrected chi connectivity index (χ3v) is 5.16. The molecule has 26 heavy (non-hydrogen) atoms. The van der Waals surface area contributed by atoms with Crippen LogP contribution in [0.15, 0.2) is 42.5 Å². The topological polar surface area (TPSA) is 58.6 Å². The molecule has 1 heterocycles. The van der Waals surface area contributed by atoms with E-state index in [1.54, 1.807) is 17.0 Å². The molecular formula is C19H19FN2O3S. The smallest absolute Gasteiger partial charge is 0.259 e. The van der Waals surface area contributed by atoms with Crippen molar-refractivity contribution < 1.29 is 18.7 Å². The second-order valence-electron chi connectivity index (χ2n) is 5.99. The lowest BCUT2D eigenvalue weighted by atomic mass is 10.1. The highest BCUT2D eigenvalue weighted by atomic mass is 32.2. The van der Waals surface area contributed by atoms with Crippen molar-refractivity contribution in [1.82, 2.24) is 4.90 Å². The average Bonchev–Trinajstić information content (AvgIpc) is 3.13. The highest BCUT2D eigenvalue weighted by Crippen LogP contribution is 2.28. The molecular weight excluding hydrogens is 355 g/mol. The molecule has 0 radical (unpaired) electrons. The van der Waals surface area contributed by atoms with E-state index in [2.05, 4.69) is 5.32 Å². The second kappa shape index (κ2) is 7.78. The molecule has 1 unspecified atom stereocenters. The Balaban J connectivity index is 1.79. The Kier molecular flexibility index (Phi) is 5.46. The molecule has 136 valence electrons. The normalized spacial score (nSPS) is 16.4. The Morgan fingerprint density at radius 3 is 2.65 bits per heavy atom. The monoisotopic (exact) mass is 374 g/mol. The van der Waals surface area contributed by atoms with E-state index in [1.807, 2.05) is 13.0 Å². The lowest BCUT2D eigenvalue weighted by molar-refractivity contribution is -0.119. The summed E-state index contributed by atoms with van der Waals surface area (Å²) in [6, 6.07) is 10.3. The van der Waals surface area contributed by atoms with Crippen LogP contribution in [0.25, 0.3) is 0 Å². The van der Waals surface area contributed by atoms with Crippen molar-refractivity contribution in [3.63, 3.8) is 0 Å². The van der Waals surface area contributed by atoms with Crippen molar-refractivity contribution in [3.05, 3.63) is 59.4 Å². The molecule has 1 aliphatic rings. The van der Waals surface area contributed by atoms with Gasteiger partial charge in [-0.1, -0.05) is 11.6 Å². The largest absolute Gasteiger partial charge is 0.496 e. The standard InChI is InChI=1S/C19H19FN2O3S/c1-12-3-8-17(25-2)15(9-12)19(24)22-11-26-10-16(22)18(23)21-14-6-4-13(20)5-7-14/h3-9,16H,10-11H2,1-2H3,(H,21,23). The molecule has 3 rings (SSSR count). The van der Waals surface area contributed by atoms with Crippen molar-refractivity contribution in [2.24, 2.45) is 0 Å². The van der Waals surface area contributed by atoms with Gasteiger partial charge in [-0.3, -0.25) is 9.59 Å². The zero-order chi connectivity index (χ0) is 18.7. The summed E-state index contributed by atoms with van der Waals surface area (Å²) in [4.78, 5) is 27.2. The van der Waals surface area contributed by atoms with Gasteiger partial charge >= 0.3 is 0 Å². The van der Waals surface area contributed by atoms with E-state index >= 15 is 0 Å². The fraction of sp³-hybridized carbons (Fsp3) is 0.263. The number of halogens is 1. The number of aryl methyl sites for hydroxylation is 1. The first-order valence-corrected chi connectivity index (χ1v) is 9.25. The number of carbonyl (C=O) groups excluding carboxylic acids is 2. The Morgan fingerprint density at radius 1 is 1.23 bits per heavy atom. The van der Waals surface area contributed by atoms with Gasteiger partial charge in [-0.25, -0.2) is 4.39 Å². The highest BCUT2D eigenvalue weighted by Gasteiger charge is 2.36. The highest BCUT2D eigenvalue weighted by molar-refractivity contribution is 7.99. The molecule has 1 fully saturated rings. The summed E-state index contributed by atoms with van der Waals surface area (Å²) in [7, 11) is 1.51. The Bertz CT molecular complexity index is 826. The van der Waals surface area contributed by atoms with Crippen molar-refractivity contribution in [2.45, 2.75) is 13.0 Å². The lowest BCUT2D eigenvalue weighted by Gasteiger charge is -2.24. The number of benzene rings is 2. The molecule has 2 aromatic carbocycles. The number of nitrogens with zero attached hydrogens (tertiary/aromatic N) is 1. The van der Waals surface area contributed by atoms with Crippen LogP contribution in [0.5, 0.6) is 5.75 Å². The molecule has 1 aliphatic heterocycles. The molecule has 7 heteroatoms. The quantitative estimate of drug-likeness (QED) is 0.892. The summed E-state index contributed by atoms with van der Waals surface area (Å²) in [6.07, 6.45) is 0. The summed E-state index contributed by atoms with van der Waals surface area (Å²) < 4.78 is 18.3. The third kappa shape index (κ3) is 3.83. The minimum absolute atomic E-state index is 0.241. The van der Waals surface area contributed by atoms with Crippen molar-refractivity contribution >= 4 is 29.3 Å². The van der Waals surface area contributed by atoms with Gasteiger partial charge in [0.05, 0.1) is 18.6 Å². The summed E-state index contributed by atoms with van der Waals surface area (Å²) in [6.45, 7) is 1.90. The van der Waals surface area contributed by atoms with E-state index in [1.165, 1.54) is 43.1 Å². The van der Waals surface area contributed by atoms with Crippen LogP contribution in [0, 0.1) is 12.7 Å². The van der Waals surface area contributed by atoms with E-state index in [0.717, 1.165) is 5.56 Å². The molecule has 1 atom stereocenters. The van der Waals surface area contributed by atoms with Crippen molar-refractivity contribution in [1.29, 1.82) is 0 Å². The first-order valence-electron chi connectivity index (χ1n) is 8.09. The Labute approximate surface area is 155 Å². The van der Waals surface area contributed by atoms with Crippen LogP contribution in [0.1, 0.15) is 15.9 Å². The van der Waals surface area contributed by atoms with Gasteiger partial charge in [0, 0.05) is 11.4 Å². The molecule has 2 aromatic rings. The van der Waals surface area contributed by atoms with Gasteiger partial charge in [0.15, 0.2) is 0 Å². The molecule has 1 saturated heterocycles. The predicted octanol–water partition coefficient (Wildman–Crippen LogP) is 3.30. The minimum Gasteiger partial charge on any atom is -0.496 e. The van der Waals surface area contributed by atoms with Gasteiger partial charge in [0.25, 0.3) is 5.91 Å². The van der Waals surface area contributed by atoms with E-state index in [9.17, 15) is 14.0 Å². The van der Waals surface area contributed by atoms with E-state index < -0.39 is 6.04 Å². The van der Waals surface area contributed by atoms with E-state index in [4.69, 9.17) is 4.74 Å². The number of thioether (sulfide) groups is 1. The molecule has 0 spiro atoms. The zero-order valence-electron chi connectivity index (χ0n) is 14.5. The molecule has 5 nitrogen and oxygen atoms in total. The number of amides is 2. The van der Waals surface area contributed by atoms with Gasteiger partial charge in [-0.2, -0.15) is 0 Å². The second-order valence-corrected chi connectivity index (χ2v) is 6.99. The van der Waals surface area contributed by atoms with Crippen LogP contribution in [-0.4, -0.2) is 41.5 Å². The zero-order valence-corrected chi connectivity index (χ0v) is 15.3. The summed E-state index contributed by atoms with van der Waals surface area (Å²) in [5, 5.41) is 2.74.